The molecular formula is C10H12BrNO. The van der Waals surface area contributed by atoms with E-state index in [9.17, 15) is 4.79 Å². The van der Waals surface area contributed by atoms with E-state index >= 15 is 0 Å². The molecule has 0 aromatic heterocycles. The van der Waals surface area contributed by atoms with Crippen LogP contribution in [0.5, 0.6) is 0 Å². The van der Waals surface area contributed by atoms with E-state index in [0.29, 0.717) is 0 Å². The minimum Gasteiger partial charge on any atom is -0.342 e. The van der Waals surface area contributed by atoms with Crippen LogP contribution in [0.25, 0.3) is 0 Å². The molecule has 0 radical (unpaired) electrons. The third-order valence-electron chi connectivity index (χ3n) is 1.91. The van der Waals surface area contributed by atoms with Crippen molar-refractivity contribution in [2.45, 2.75) is 6.92 Å². The molecule has 1 rings (SSSR count). The van der Waals surface area contributed by atoms with Gasteiger partial charge in [0.2, 0.25) is 0 Å². The average Bonchev–Trinajstić information content (AvgIpc) is 2.17. The summed E-state index contributed by atoms with van der Waals surface area (Å²) in [5, 5.41) is 0. The highest BCUT2D eigenvalue weighted by Crippen LogP contribution is 2.11. The van der Waals surface area contributed by atoms with Crippen LogP contribution in [0.4, 0.5) is 0 Å². The first kappa shape index (κ1) is 10.3. The molecule has 0 aliphatic heterocycles. The van der Waals surface area contributed by atoms with Gasteiger partial charge in [0.1, 0.15) is 0 Å². The number of amides is 1. The van der Waals surface area contributed by atoms with E-state index in [1.165, 1.54) is 0 Å². The van der Waals surface area contributed by atoms with Crippen molar-refractivity contribution in [2.75, 3.05) is 13.6 Å². The molecule has 0 atom stereocenters. The Morgan fingerprint density at radius 1 is 1.38 bits per heavy atom. The number of hydrogen-bond donors (Lipinski definition) is 0. The summed E-state index contributed by atoms with van der Waals surface area (Å²) in [6, 6.07) is 7.38. The van der Waals surface area contributed by atoms with E-state index in [2.05, 4.69) is 15.9 Å². The lowest BCUT2D eigenvalue weighted by Crippen LogP contribution is -2.26. The smallest absolute Gasteiger partial charge is 0.253 e. The largest absolute Gasteiger partial charge is 0.342 e. The Labute approximate surface area is 86.7 Å². The third kappa shape index (κ3) is 2.56. The normalized spacial score (nSPS) is 9.77. The molecule has 0 N–H and O–H groups in total. The molecule has 0 bridgehead atoms. The molecule has 2 nitrogen and oxygen atoms in total. The topological polar surface area (TPSA) is 20.3 Å². The molecule has 13 heavy (non-hydrogen) atoms. The Balaban J connectivity index is 2.83. The molecule has 0 heterocycles. The van der Waals surface area contributed by atoms with Crippen LogP contribution in [0.15, 0.2) is 28.7 Å². The number of hydrogen-bond acceptors (Lipinski definition) is 1. The minimum atomic E-state index is 0.0648. The van der Waals surface area contributed by atoms with Gasteiger partial charge in [-0.25, -0.2) is 0 Å². The number of carbonyl (C=O) groups excluding carboxylic acids is 1. The van der Waals surface area contributed by atoms with Crippen molar-refractivity contribution in [3.63, 3.8) is 0 Å². The van der Waals surface area contributed by atoms with Crippen LogP contribution in [0, 0.1) is 0 Å². The summed E-state index contributed by atoms with van der Waals surface area (Å²) >= 11 is 3.32. The van der Waals surface area contributed by atoms with Crippen LogP contribution < -0.4 is 0 Å². The van der Waals surface area contributed by atoms with Gasteiger partial charge in [0.15, 0.2) is 0 Å². The highest BCUT2D eigenvalue weighted by atomic mass is 79.9. The molecule has 0 saturated carbocycles. The van der Waals surface area contributed by atoms with E-state index < -0.39 is 0 Å². The molecule has 1 aromatic carbocycles. The van der Waals surface area contributed by atoms with Crippen molar-refractivity contribution in [1.82, 2.24) is 4.90 Å². The van der Waals surface area contributed by atoms with Crippen LogP contribution in [-0.2, 0) is 0 Å². The van der Waals surface area contributed by atoms with Gasteiger partial charge in [-0.05, 0) is 31.2 Å². The average molecular weight is 242 g/mol. The molecular weight excluding hydrogens is 230 g/mol. The van der Waals surface area contributed by atoms with E-state index in [0.717, 1.165) is 16.6 Å². The highest BCUT2D eigenvalue weighted by molar-refractivity contribution is 9.10. The van der Waals surface area contributed by atoms with E-state index in [1.807, 2.05) is 31.2 Å². The summed E-state index contributed by atoms with van der Waals surface area (Å²) in [4.78, 5) is 13.3. The molecule has 0 aliphatic carbocycles. The Kier molecular flexibility index (Phi) is 3.48. The standard InChI is InChI=1S/C10H12BrNO/c1-3-12(2)10(13)8-4-6-9(11)7-5-8/h4-7H,3H2,1-2H3. The Bertz CT molecular complexity index is 294. The van der Waals surface area contributed by atoms with Gasteiger partial charge < -0.3 is 4.90 Å². The van der Waals surface area contributed by atoms with Crippen molar-refractivity contribution in [3.05, 3.63) is 34.3 Å². The highest BCUT2D eigenvalue weighted by Gasteiger charge is 2.08. The molecule has 1 amide bonds. The van der Waals surface area contributed by atoms with E-state index in [-0.39, 0.29) is 5.91 Å². The third-order valence-corrected chi connectivity index (χ3v) is 2.44. The first-order valence-electron chi connectivity index (χ1n) is 4.16. The molecule has 70 valence electrons. The lowest BCUT2D eigenvalue weighted by atomic mass is 10.2. The summed E-state index contributed by atoms with van der Waals surface area (Å²) in [5.74, 6) is 0.0648. The first-order chi connectivity index (χ1) is 6.15. The molecule has 0 saturated heterocycles. The zero-order chi connectivity index (χ0) is 9.84. The van der Waals surface area contributed by atoms with E-state index in [4.69, 9.17) is 0 Å². The molecule has 0 aliphatic rings. The number of halogens is 1. The summed E-state index contributed by atoms with van der Waals surface area (Å²) in [5.41, 5.74) is 0.729. The van der Waals surface area contributed by atoms with Crippen molar-refractivity contribution >= 4 is 21.8 Å². The van der Waals surface area contributed by atoms with Gasteiger partial charge in [-0.3, -0.25) is 4.79 Å². The Morgan fingerprint density at radius 3 is 2.38 bits per heavy atom. The molecule has 0 fully saturated rings. The van der Waals surface area contributed by atoms with Crippen molar-refractivity contribution in [2.24, 2.45) is 0 Å². The maximum atomic E-state index is 11.6. The SMILES string of the molecule is CCN(C)C(=O)c1ccc(Br)cc1. The van der Waals surface area contributed by atoms with Crippen LogP contribution in [0.1, 0.15) is 17.3 Å². The number of nitrogens with zero attached hydrogens (tertiary/aromatic N) is 1. The van der Waals surface area contributed by atoms with Crippen molar-refractivity contribution in [3.8, 4) is 0 Å². The summed E-state index contributed by atoms with van der Waals surface area (Å²) < 4.78 is 0.989. The predicted octanol–water partition coefficient (Wildman–Crippen LogP) is 2.54. The second-order valence-corrected chi connectivity index (χ2v) is 3.74. The zero-order valence-electron chi connectivity index (χ0n) is 7.75. The monoisotopic (exact) mass is 241 g/mol. The number of benzene rings is 1. The van der Waals surface area contributed by atoms with Gasteiger partial charge in [-0.1, -0.05) is 15.9 Å². The molecule has 1 aromatic rings. The number of carbonyl (C=O) groups is 1. The zero-order valence-corrected chi connectivity index (χ0v) is 9.34. The maximum absolute atomic E-state index is 11.6. The lowest BCUT2D eigenvalue weighted by molar-refractivity contribution is 0.0802. The van der Waals surface area contributed by atoms with E-state index in [1.54, 1.807) is 11.9 Å². The summed E-state index contributed by atoms with van der Waals surface area (Å²) in [7, 11) is 1.80. The Morgan fingerprint density at radius 2 is 1.92 bits per heavy atom. The summed E-state index contributed by atoms with van der Waals surface area (Å²) in [6.45, 7) is 2.69. The van der Waals surface area contributed by atoms with Crippen LogP contribution >= 0.6 is 15.9 Å². The number of rotatable bonds is 2. The molecule has 0 unspecified atom stereocenters. The lowest BCUT2D eigenvalue weighted by Gasteiger charge is -2.13. The fraction of sp³-hybridized carbons (Fsp3) is 0.300. The summed E-state index contributed by atoms with van der Waals surface area (Å²) in [6.07, 6.45) is 0. The van der Waals surface area contributed by atoms with Crippen LogP contribution in [0.3, 0.4) is 0 Å². The van der Waals surface area contributed by atoms with Gasteiger partial charge in [-0.15, -0.1) is 0 Å². The van der Waals surface area contributed by atoms with Crippen LogP contribution in [-0.4, -0.2) is 24.4 Å². The second-order valence-electron chi connectivity index (χ2n) is 2.83. The van der Waals surface area contributed by atoms with Gasteiger partial charge >= 0.3 is 0 Å². The first-order valence-corrected chi connectivity index (χ1v) is 4.95. The Hall–Kier alpha value is -0.830. The maximum Gasteiger partial charge on any atom is 0.253 e. The second kappa shape index (κ2) is 4.42. The van der Waals surface area contributed by atoms with Crippen molar-refractivity contribution < 1.29 is 4.79 Å². The molecule has 0 spiro atoms. The van der Waals surface area contributed by atoms with Crippen molar-refractivity contribution in [1.29, 1.82) is 0 Å². The predicted molar refractivity (Wildman–Crippen MR) is 56.8 cm³/mol. The molecule has 3 heteroatoms. The van der Waals surface area contributed by atoms with Gasteiger partial charge in [0.05, 0.1) is 0 Å². The quantitative estimate of drug-likeness (QED) is 0.780. The fourth-order valence-corrected chi connectivity index (χ4v) is 1.22. The minimum absolute atomic E-state index is 0.0648. The van der Waals surface area contributed by atoms with Crippen LogP contribution in [0.2, 0.25) is 0 Å². The fourth-order valence-electron chi connectivity index (χ4n) is 0.956. The van der Waals surface area contributed by atoms with Gasteiger partial charge in [0, 0.05) is 23.6 Å². The van der Waals surface area contributed by atoms with Gasteiger partial charge in [0.25, 0.3) is 5.91 Å². The van der Waals surface area contributed by atoms with Gasteiger partial charge in [-0.2, -0.15) is 0 Å².